The summed E-state index contributed by atoms with van der Waals surface area (Å²) in [6.07, 6.45) is 1.04. The van der Waals surface area contributed by atoms with Gasteiger partial charge in [0.2, 0.25) is 6.26 Å². The summed E-state index contributed by atoms with van der Waals surface area (Å²) in [5.41, 5.74) is 0. The Hall–Kier alpha value is -1.39. The number of nitrogens with zero attached hydrogens (tertiary/aromatic N) is 1. The molecule has 1 heterocycles. The molecular weight excluding hydrogens is 138 g/mol. The second kappa shape index (κ2) is 2.47. The van der Waals surface area contributed by atoms with Crippen molar-refractivity contribution in [3.8, 4) is 12.0 Å². The first-order valence-corrected chi connectivity index (χ1v) is 2.58. The molecule has 1 rings (SSSR count). The van der Waals surface area contributed by atoms with E-state index in [0.29, 0.717) is 4.73 Å². The monoisotopic (exact) mass is 145 g/mol. The minimum atomic E-state index is -0.128. The molecule has 0 spiro atoms. The van der Waals surface area contributed by atoms with Crippen LogP contribution in [0, 0.1) is 5.21 Å². The molecule has 0 unspecified atom stereocenters. The maximum absolute atomic E-state index is 10.8. The lowest BCUT2D eigenvalue weighted by Crippen LogP contribution is -2.27. The predicted octanol–water partition coefficient (Wildman–Crippen LogP) is -0.0698. The van der Waals surface area contributed by atoms with Gasteiger partial charge in [0.1, 0.15) is 0 Å². The van der Waals surface area contributed by atoms with E-state index < -0.39 is 0 Å². The molecule has 0 aliphatic carbocycles. The first-order chi connectivity index (χ1) is 4.79. The van der Waals surface area contributed by atoms with Crippen LogP contribution in [0.15, 0.2) is 10.7 Å². The SMILES string of the molecule is COc1coc(OC)[n+]1[O-]. The number of hydrogen-bond donors (Lipinski definition) is 0. The van der Waals surface area contributed by atoms with E-state index in [1.165, 1.54) is 20.5 Å². The quantitative estimate of drug-likeness (QED) is 0.431. The lowest BCUT2D eigenvalue weighted by molar-refractivity contribution is -0.622. The minimum absolute atomic E-state index is 0.0804. The van der Waals surface area contributed by atoms with Crippen molar-refractivity contribution in [1.29, 1.82) is 0 Å². The minimum Gasteiger partial charge on any atom is -0.611 e. The van der Waals surface area contributed by atoms with Crippen molar-refractivity contribution in [2.75, 3.05) is 14.2 Å². The molecule has 56 valence electrons. The lowest BCUT2D eigenvalue weighted by atomic mass is 10.9. The van der Waals surface area contributed by atoms with Gasteiger partial charge in [-0.3, -0.25) is 0 Å². The molecule has 5 nitrogen and oxygen atoms in total. The van der Waals surface area contributed by atoms with Crippen molar-refractivity contribution in [3.05, 3.63) is 11.5 Å². The maximum atomic E-state index is 10.8. The number of aromatic nitrogens is 1. The van der Waals surface area contributed by atoms with Gasteiger partial charge in [-0.1, -0.05) is 4.73 Å². The second-order valence-electron chi connectivity index (χ2n) is 1.54. The smallest absolute Gasteiger partial charge is 0.575 e. The van der Waals surface area contributed by atoms with E-state index in [2.05, 4.69) is 13.9 Å². The fourth-order valence-electron chi connectivity index (χ4n) is 0.549. The largest absolute Gasteiger partial charge is 0.611 e. The molecule has 0 amide bonds. The fourth-order valence-corrected chi connectivity index (χ4v) is 0.549. The highest BCUT2D eigenvalue weighted by molar-refractivity contribution is 4.94. The first-order valence-electron chi connectivity index (χ1n) is 2.58. The summed E-state index contributed by atoms with van der Waals surface area (Å²) in [4.78, 5) is 0. The average Bonchev–Trinajstić information content (AvgIpc) is 2.30. The molecule has 10 heavy (non-hydrogen) atoms. The third kappa shape index (κ3) is 0.854. The predicted molar refractivity (Wildman–Crippen MR) is 30.8 cm³/mol. The van der Waals surface area contributed by atoms with Crippen LogP contribution in [0.5, 0.6) is 12.0 Å². The number of oxazole rings is 1. The molecule has 0 aliphatic heterocycles. The molecule has 5 heteroatoms. The van der Waals surface area contributed by atoms with Crippen LogP contribution in [0.4, 0.5) is 0 Å². The van der Waals surface area contributed by atoms with E-state index >= 15 is 0 Å². The summed E-state index contributed by atoms with van der Waals surface area (Å²) < 4.78 is 14.2. The molecule has 0 N–H and O–H groups in total. The number of ether oxygens (including phenoxy) is 2. The summed E-state index contributed by atoms with van der Waals surface area (Å²) in [6.45, 7) is 0. The maximum Gasteiger partial charge on any atom is 0.575 e. The van der Waals surface area contributed by atoms with E-state index in [9.17, 15) is 5.21 Å². The van der Waals surface area contributed by atoms with Gasteiger partial charge >= 0.3 is 12.0 Å². The molecule has 1 aromatic rings. The number of methoxy groups -OCH3 is 2. The summed E-state index contributed by atoms with van der Waals surface area (Å²) in [5.74, 6) is 0.0804. The van der Waals surface area contributed by atoms with Crippen molar-refractivity contribution >= 4 is 0 Å². The molecule has 0 atom stereocenters. The van der Waals surface area contributed by atoms with Gasteiger partial charge in [0.15, 0.2) is 0 Å². The summed E-state index contributed by atoms with van der Waals surface area (Å²) in [7, 11) is 2.71. The molecule has 0 aromatic carbocycles. The highest BCUT2D eigenvalue weighted by Crippen LogP contribution is 2.11. The van der Waals surface area contributed by atoms with Crippen LogP contribution in [-0.2, 0) is 0 Å². The average molecular weight is 145 g/mol. The van der Waals surface area contributed by atoms with Crippen molar-refractivity contribution in [3.63, 3.8) is 0 Å². The van der Waals surface area contributed by atoms with Crippen LogP contribution in [0.25, 0.3) is 0 Å². The van der Waals surface area contributed by atoms with Gasteiger partial charge in [-0.25, -0.2) is 0 Å². The van der Waals surface area contributed by atoms with E-state index in [4.69, 9.17) is 0 Å². The van der Waals surface area contributed by atoms with E-state index in [1.54, 1.807) is 0 Å². The van der Waals surface area contributed by atoms with Crippen molar-refractivity contribution in [2.45, 2.75) is 0 Å². The van der Waals surface area contributed by atoms with Gasteiger partial charge in [0, 0.05) is 0 Å². The van der Waals surface area contributed by atoms with E-state index in [-0.39, 0.29) is 12.0 Å². The Morgan fingerprint density at radius 2 is 2.20 bits per heavy atom. The van der Waals surface area contributed by atoms with Gasteiger partial charge in [-0.2, -0.15) is 0 Å². The van der Waals surface area contributed by atoms with Crippen LogP contribution in [-0.4, -0.2) is 14.2 Å². The molecule has 1 aromatic heterocycles. The zero-order valence-corrected chi connectivity index (χ0v) is 5.66. The Balaban J connectivity index is 2.97. The third-order valence-corrected chi connectivity index (χ3v) is 1.01. The van der Waals surface area contributed by atoms with Gasteiger partial charge in [-0.15, -0.1) is 0 Å². The van der Waals surface area contributed by atoms with Gasteiger partial charge in [-0.05, 0) is 0 Å². The van der Waals surface area contributed by atoms with Crippen LogP contribution in [0.2, 0.25) is 0 Å². The zero-order chi connectivity index (χ0) is 7.56. The molecule has 0 aliphatic rings. The fraction of sp³-hybridized carbons (Fsp3) is 0.400. The highest BCUT2D eigenvalue weighted by atomic mass is 16.7. The normalized spacial score (nSPS) is 9.40. The third-order valence-electron chi connectivity index (χ3n) is 1.01. The van der Waals surface area contributed by atoms with Crippen molar-refractivity contribution in [2.24, 2.45) is 0 Å². The Kier molecular flexibility index (Phi) is 1.66. The Labute approximate surface area is 57.4 Å². The van der Waals surface area contributed by atoms with Crippen molar-refractivity contribution in [1.82, 2.24) is 0 Å². The molecular formula is C5H7NO4. The summed E-state index contributed by atoms with van der Waals surface area (Å²) >= 11 is 0. The Morgan fingerprint density at radius 3 is 2.50 bits per heavy atom. The van der Waals surface area contributed by atoms with Crippen LogP contribution in [0.3, 0.4) is 0 Å². The molecule has 0 fully saturated rings. The highest BCUT2D eigenvalue weighted by Gasteiger charge is 2.17. The van der Waals surface area contributed by atoms with E-state index in [1.807, 2.05) is 0 Å². The zero-order valence-electron chi connectivity index (χ0n) is 5.66. The Bertz CT molecular complexity index is 198. The molecule has 0 bridgehead atoms. The summed E-state index contributed by atoms with van der Waals surface area (Å²) in [5, 5.41) is 10.8. The van der Waals surface area contributed by atoms with Gasteiger partial charge in [0.25, 0.3) is 0 Å². The molecule has 0 radical (unpaired) electrons. The molecule has 0 saturated heterocycles. The van der Waals surface area contributed by atoms with Crippen molar-refractivity contribution < 1.29 is 18.6 Å². The lowest BCUT2D eigenvalue weighted by Gasteiger charge is -1.94. The van der Waals surface area contributed by atoms with Crippen LogP contribution < -0.4 is 14.2 Å². The van der Waals surface area contributed by atoms with E-state index in [0.717, 1.165) is 0 Å². The first kappa shape index (κ1) is 6.73. The standard InChI is InChI=1S/C5H7NO4/c1-8-4-3-10-5(9-2)6(4)7/h3H,1-2H3. The van der Waals surface area contributed by atoms with Gasteiger partial charge < -0.3 is 19.1 Å². The second-order valence-corrected chi connectivity index (χ2v) is 1.54. The number of hydrogen-bond acceptors (Lipinski definition) is 4. The van der Waals surface area contributed by atoms with Crippen LogP contribution >= 0.6 is 0 Å². The Morgan fingerprint density at radius 1 is 1.50 bits per heavy atom. The molecule has 0 saturated carbocycles. The van der Waals surface area contributed by atoms with Gasteiger partial charge in [0.05, 0.1) is 14.2 Å². The number of rotatable bonds is 2. The summed E-state index contributed by atoms with van der Waals surface area (Å²) in [6, 6.07) is 0. The van der Waals surface area contributed by atoms with Crippen LogP contribution in [0.1, 0.15) is 0 Å². The topological polar surface area (TPSA) is 58.5 Å².